The number of anilines is 1. The van der Waals surface area contributed by atoms with E-state index >= 15 is 0 Å². The van der Waals surface area contributed by atoms with Gasteiger partial charge in [0.25, 0.3) is 10.0 Å². The molecule has 1 saturated carbocycles. The van der Waals surface area contributed by atoms with Crippen molar-refractivity contribution in [2.24, 2.45) is 5.41 Å². The van der Waals surface area contributed by atoms with Gasteiger partial charge in [-0.15, -0.1) is 0 Å². The largest absolute Gasteiger partial charge is 0.486 e. The summed E-state index contributed by atoms with van der Waals surface area (Å²) in [5.41, 5.74) is -2.40. The van der Waals surface area contributed by atoms with Crippen molar-refractivity contribution < 1.29 is 45.0 Å². The molecule has 1 aliphatic carbocycles. The van der Waals surface area contributed by atoms with Crippen LogP contribution in [0.3, 0.4) is 0 Å². The summed E-state index contributed by atoms with van der Waals surface area (Å²) in [4.78, 5) is 11.3. The first-order valence-corrected chi connectivity index (χ1v) is 13.4. The number of carboxylic acids is 1. The van der Waals surface area contributed by atoms with Crippen LogP contribution in [0.15, 0.2) is 65.6 Å². The van der Waals surface area contributed by atoms with Gasteiger partial charge in [-0.05, 0) is 66.9 Å². The molecule has 1 aliphatic heterocycles. The van der Waals surface area contributed by atoms with E-state index in [1.54, 1.807) is 0 Å². The number of halogens is 5. The van der Waals surface area contributed by atoms with Crippen LogP contribution in [0, 0.1) is 17.0 Å². The molecule has 1 N–H and O–H groups in total. The van der Waals surface area contributed by atoms with Gasteiger partial charge in [0, 0.05) is 12.0 Å². The second-order valence-electron chi connectivity index (χ2n) is 9.75. The molecule has 1 fully saturated rings. The van der Waals surface area contributed by atoms with Gasteiger partial charge in [0.1, 0.15) is 23.5 Å². The van der Waals surface area contributed by atoms with Gasteiger partial charge in [0.2, 0.25) is 0 Å². The summed E-state index contributed by atoms with van der Waals surface area (Å²) in [6.07, 6.45) is -4.29. The Morgan fingerprint density at radius 2 is 1.79 bits per heavy atom. The first-order chi connectivity index (χ1) is 18.3. The van der Waals surface area contributed by atoms with E-state index in [0.29, 0.717) is 25.3 Å². The molecule has 0 bridgehead atoms. The van der Waals surface area contributed by atoms with Gasteiger partial charge in [-0.1, -0.05) is 18.6 Å². The number of aliphatic carboxylic acids is 1. The monoisotopic (exact) mass is 567 g/mol. The molecule has 0 radical (unpaired) electrons. The Morgan fingerprint density at radius 1 is 1.05 bits per heavy atom. The molecule has 2 aliphatic rings. The number of nitrogens with zero attached hydrogens (tertiary/aromatic N) is 1. The number of alkyl halides is 3. The van der Waals surface area contributed by atoms with E-state index < -0.39 is 62.3 Å². The Hall–Kier alpha value is -3.67. The van der Waals surface area contributed by atoms with E-state index in [2.05, 4.69) is 0 Å². The summed E-state index contributed by atoms with van der Waals surface area (Å²) in [6, 6.07) is 10.0. The molecular weight excluding hydrogens is 545 g/mol. The predicted molar refractivity (Wildman–Crippen MR) is 131 cm³/mol. The summed E-state index contributed by atoms with van der Waals surface area (Å²) in [6.45, 7) is -0.393. The Morgan fingerprint density at radius 3 is 2.44 bits per heavy atom. The molecule has 3 aromatic carbocycles. The van der Waals surface area contributed by atoms with Gasteiger partial charge in [-0.2, -0.15) is 13.2 Å². The summed E-state index contributed by atoms with van der Waals surface area (Å²) in [5, 5.41) is 9.77. The molecule has 1 heterocycles. The van der Waals surface area contributed by atoms with Crippen molar-refractivity contribution in [3.63, 3.8) is 0 Å². The molecule has 0 amide bonds. The van der Waals surface area contributed by atoms with Crippen LogP contribution < -0.4 is 9.04 Å². The third-order valence-electron chi connectivity index (χ3n) is 7.26. The average molecular weight is 568 g/mol. The number of rotatable bonds is 6. The summed E-state index contributed by atoms with van der Waals surface area (Å²) in [5.74, 6) is -2.52. The van der Waals surface area contributed by atoms with Crippen molar-refractivity contribution in [1.29, 1.82) is 0 Å². The first-order valence-electron chi connectivity index (χ1n) is 12.0. The lowest BCUT2D eigenvalue weighted by molar-refractivity contribution is -0.156. The quantitative estimate of drug-likeness (QED) is 0.356. The van der Waals surface area contributed by atoms with Crippen LogP contribution in [0.4, 0.5) is 27.6 Å². The van der Waals surface area contributed by atoms with Crippen molar-refractivity contribution in [3.05, 3.63) is 77.9 Å². The fraction of sp³-hybridized carbons (Fsp3) is 0.296. The van der Waals surface area contributed by atoms with Gasteiger partial charge in [-0.25, -0.2) is 17.2 Å². The highest BCUT2D eigenvalue weighted by Gasteiger charge is 2.48. The zero-order chi connectivity index (χ0) is 28.2. The van der Waals surface area contributed by atoms with E-state index in [1.165, 1.54) is 18.2 Å². The van der Waals surface area contributed by atoms with Crippen molar-refractivity contribution in [2.45, 2.75) is 42.9 Å². The van der Waals surface area contributed by atoms with Gasteiger partial charge >= 0.3 is 12.1 Å². The van der Waals surface area contributed by atoms with E-state index in [4.69, 9.17) is 4.74 Å². The Bertz CT molecular complexity index is 1550. The number of benzene rings is 3. The number of hydrogen-bond acceptors (Lipinski definition) is 4. The lowest BCUT2D eigenvalue weighted by Gasteiger charge is -2.43. The Kier molecular flexibility index (Phi) is 6.56. The minimum absolute atomic E-state index is 0.0159. The van der Waals surface area contributed by atoms with E-state index in [0.717, 1.165) is 40.7 Å². The molecule has 39 heavy (non-hydrogen) atoms. The van der Waals surface area contributed by atoms with Gasteiger partial charge in [0.15, 0.2) is 0 Å². The van der Waals surface area contributed by atoms with Crippen LogP contribution in [-0.4, -0.2) is 32.1 Å². The van der Waals surface area contributed by atoms with Crippen molar-refractivity contribution in [1.82, 2.24) is 0 Å². The second-order valence-corrected chi connectivity index (χ2v) is 11.6. The zero-order valence-electron chi connectivity index (χ0n) is 20.2. The number of ether oxygens (including phenoxy) is 1. The maximum Gasteiger partial charge on any atom is 0.416 e. The van der Waals surface area contributed by atoms with Crippen molar-refractivity contribution >= 4 is 21.7 Å². The fourth-order valence-electron chi connectivity index (χ4n) is 5.04. The Balaban J connectivity index is 1.61. The van der Waals surface area contributed by atoms with Gasteiger partial charge in [0.05, 0.1) is 28.1 Å². The lowest BCUT2D eigenvalue weighted by Crippen LogP contribution is -2.49. The van der Waals surface area contributed by atoms with Crippen LogP contribution in [-0.2, 0) is 21.0 Å². The van der Waals surface area contributed by atoms with Crippen LogP contribution >= 0.6 is 0 Å². The molecule has 206 valence electrons. The highest BCUT2D eigenvalue weighted by atomic mass is 32.2. The Labute approximate surface area is 220 Å². The topological polar surface area (TPSA) is 83.9 Å². The van der Waals surface area contributed by atoms with Crippen LogP contribution in [0.25, 0.3) is 11.1 Å². The van der Waals surface area contributed by atoms with E-state index in [-0.39, 0.29) is 29.0 Å². The number of hydrogen-bond donors (Lipinski definition) is 1. The summed E-state index contributed by atoms with van der Waals surface area (Å²) >= 11 is 0. The van der Waals surface area contributed by atoms with Crippen LogP contribution in [0.2, 0.25) is 0 Å². The number of fused-ring (bicyclic) bond motifs is 1. The lowest BCUT2D eigenvalue weighted by atomic mass is 9.65. The normalized spacial score (nSPS) is 18.6. The second kappa shape index (κ2) is 9.51. The first kappa shape index (κ1) is 26.9. The molecule has 1 atom stereocenters. The standard InChI is InChI=1S/C27H22F5NO5S/c28-18-6-7-22(29)21(13-18)16-5-8-24-23(11-16)33(15-19(38-24)14-26(25(34)35)9-2-10-26)39(36,37)20-4-1-3-17(12-20)27(30,31)32/h1,3-8,11-13,19H,2,9-10,14-15H2,(H,34,35)/t19-/m0/s1. The highest BCUT2D eigenvalue weighted by molar-refractivity contribution is 7.92. The van der Waals surface area contributed by atoms with Crippen LogP contribution in [0.5, 0.6) is 5.75 Å². The van der Waals surface area contributed by atoms with Gasteiger partial charge < -0.3 is 9.84 Å². The minimum Gasteiger partial charge on any atom is -0.486 e. The third kappa shape index (κ3) is 4.93. The maximum atomic E-state index is 14.5. The van der Waals surface area contributed by atoms with E-state index in [1.807, 2.05) is 0 Å². The smallest absolute Gasteiger partial charge is 0.416 e. The molecule has 5 rings (SSSR count). The number of carbonyl (C=O) groups is 1. The molecule has 12 heteroatoms. The molecular formula is C27H22F5NO5S. The predicted octanol–water partition coefficient (Wildman–Crippen LogP) is 6.25. The average Bonchev–Trinajstić information content (AvgIpc) is 2.86. The number of sulfonamides is 1. The van der Waals surface area contributed by atoms with Gasteiger partial charge in [-0.3, -0.25) is 9.10 Å². The molecule has 6 nitrogen and oxygen atoms in total. The SMILES string of the molecule is O=C(O)C1(C[C@H]2CN(S(=O)(=O)c3cccc(C(F)(F)F)c3)c3cc(-c4cc(F)ccc4F)ccc3O2)CCC1. The highest BCUT2D eigenvalue weighted by Crippen LogP contribution is 2.48. The molecule has 0 spiro atoms. The van der Waals surface area contributed by atoms with Crippen molar-refractivity contribution in [2.75, 3.05) is 10.8 Å². The zero-order valence-corrected chi connectivity index (χ0v) is 21.0. The fourth-order valence-corrected chi connectivity index (χ4v) is 6.58. The van der Waals surface area contributed by atoms with Crippen LogP contribution in [0.1, 0.15) is 31.2 Å². The molecule has 3 aromatic rings. The summed E-state index contributed by atoms with van der Waals surface area (Å²) in [7, 11) is -4.63. The third-order valence-corrected chi connectivity index (χ3v) is 9.04. The minimum atomic E-state index is -4.79. The molecule has 0 aromatic heterocycles. The van der Waals surface area contributed by atoms with E-state index in [9.17, 15) is 40.3 Å². The number of carboxylic acid groups (broad SMARTS) is 1. The summed E-state index contributed by atoms with van der Waals surface area (Å²) < 4.78 is 103. The van der Waals surface area contributed by atoms with Crippen molar-refractivity contribution in [3.8, 4) is 16.9 Å². The maximum absolute atomic E-state index is 14.5. The molecule has 0 saturated heterocycles. The molecule has 0 unspecified atom stereocenters.